The van der Waals surface area contributed by atoms with Gasteiger partial charge in [-0.25, -0.2) is 28.1 Å². The molecule has 0 spiro atoms. The molecule has 1 unspecified atom stereocenters. The quantitative estimate of drug-likeness (QED) is 0.251. The summed E-state index contributed by atoms with van der Waals surface area (Å²) in [7, 11) is 2.59. The van der Waals surface area contributed by atoms with Gasteiger partial charge >= 0.3 is 0 Å². The number of fused-ring (bicyclic) bond motifs is 1. The van der Waals surface area contributed by atoms with Crippen LogP contribution in [0.4, 0.5) is 38.2 Å². The van der Waals surface area contributed by atoms with Crippen molar-refractivity contribution in [3.8, 4) is 11.4 Å². The van der Waals surface area contributed by atoms with Crippen molar-refractivity contribution < 1.29 is 26.7 Å². The molecule has 1 aliphatic heterocycles. The molecule has 0 aromatic carbocycles. The highest BCUT2D eigenvalue weighted by molar-refractivity contribution is 5.92. The molecule has 1 N–H and O–H groups in total. The van der Waals surface area contributed by atoms with Crippen LogP contribution in [0.1, 0.15) is 42.0 Å². The molecule has 6 nitrogen and oxygen atoms in total. The first kappa shape index (κ1) is 29.8. The molecule has 12 heteroatoms. The molecule has 0 radical (unpaired) electrons. The topological polar surface area (TPSA) is 66.8 Å². The van der Waals surface area contributed by atoms with Gasteiger partial charge in [0.1, 0.15) is 12.5 Å². The van der Waals surface area contributed by atoms with Crippen LogP contribution in [0.3, 0.4) is 0 Å². The average molecular weight is 551 g/mol. The summed E-state index contributed by atoms with van der Waals surface area (Å²) in [6.45, 7) is 1.28. The van der Waals surface area contributed by atoms with E-state index in [1.165, 1.54) is 18.3 Å². The van der Waals surface area contributed by atoms with E-state index in [-0.39, 0.29) is 11.5 Å². The molecule has 0 saturated carbocycles. The van der Waals surface area contributed by atoms with Crippen LogP contribution in [0.25, 0.3) is 22.4 Å². The molecule has 0 aliphatic carbocycles. The van der Waals surface area contributed by atoms with Gasteiger partial charge in [-0.3, -0.25) is 9.37 Å². The van der Waals surface area contributed by atoms with Crippen LogP contribution >= 0.6 is 0 Å². The Kier molecular flexibility index (Phi) is 11.0. The molecular weight excluding hydrogens is 522 g/mol. The first-order chi connectivity index (χ1) is 19.0. The Balaban J connectivity index is 0.00000100. The van der Waals surface area contributed by atoms with Gasteiger partial charge in [0.25, 0.3) is 6.43 Å². The summed E-state index contributed by atoms with van der Waals surface area (Å²) in [6, 6.07) is 11.9. The third-order valence-electron chi connectivity index (χ3n) is 6.31. The maximum Gasteiger partial charge on any atom is 0.265 e. The molecule has 4 aromatic rings. The molecular formula is C27H28F6N6. The van der Waals surface area contributed by atoms with Crippen molar-refractivity contribution in [2.24, 2.45) is 0 Å². The Morgan fingerprint density at radius 2 is 1.85 bits per heavy atom. The van der Waals surface area contributed by atoms with Gasteiger partial charge < -0.3 is 10.2 Å². The Morgan fingerprint density at radius 1 is 1.05 bits per heavy atom. The van der Waals surface area contributed by atoms with Crippen LogP contribution in [-0.4, -0.2) is 52.2 Å². The van der Waals surface area contributed by atoms with E-state index in [0.29, 0.717) is 35.6 Å². The Labute approximate surface area is 222 Å². The van der Waals surface area contributed by atoms with Crippen LogP contribution in [0.2, 0.25) is 0 Å². The Bertz CT molecular complexity index is 1340. The van der Waals surface area contributed by atoms with Crippen molar-refractivity contribution in [2.75, 3.05) is 32.6 Å². The molecule has 1 aliphatic rings. The number of alkyl halides is 4. The number of hydrogen-bond donors (Lipinski definition) is 1. The van der Waals surface area contributed by atoms with Crippen molar-refractivity contribution in [3.63, 3.8) is 0 Å². The highest BCUT2D eigenvalue weighted by atomic mass is 20.0. The summed E-state index contributed by atoms with van der Waals surface area (Å²) in [5.41, 5.74) is 3.50. The standard InChI is InChI=1S/C26H25F3N6.CH3F.F2/c1-35-11-3-5-18(15-35)21-12-22(32-23-9-6-17(14-31-23)25(28)29)19-7-8-20(33-26(19)34-21)24-16(13-27)4-2-10-30-24;2*1-2/h2,4,6-10,12,14,18,25H,3,5,11,13,15H2,1H3,(H,31,32,33,34);1H3;. The smallest absolute Gasteiger partial charge is 0.265 e. The van der Waals surface area contributed by atoms with E-state index in [1.807, 2.05) is 12.1 Å². The molecule has 208 valence electrons. The number of likely N-dealkylation sites (tertiary alicyclic amines) is 1. The highest BCUT2D eigenvalue weighted by Gasteiger charge is 2.22. The second kappa shape index (κ2) is 14.4. The number of aromatic nitrogens is 4. The first-order valence-electron chi connectivity index (χ1n) is 12.1. The van der Waals surface area contributed by atoms with Crippen molar-refractivity contribution in [1.29, 1.82) is 0 Å². The second-order valence-electron chi connectivity index (χ2n) is 8.81. The molecule has 0 bridgehead atoms. The van der Waals surface area contributed by atoms with Gasteiger partial charge in [-0.15, -0.1) is 0 Å². The zero-order chi connectivity index (χ0) is 28.4. The predicted molar refractivity (Wildman–Crippen MR) is 139 cm³/mol. The van der Waals surface area contributed by atoms with E-state index >= 15 is 0 Å². The predicted octanol–water partition coefficient (Wildman–Crippen LogP) is 7.47. The van der Waals surface area contributed by atoms with Gasteiger partial charge in [0.05, 0.1) is 24.3 Å². The number of hydrogen-bond acceptors (Lipinski definition) is 6. The van der Waals surface area contributed by atoms with Gasteiger partial charge in [-0.05, 0) is 62.8 Å². The third kappa shape index (κ3) is 7.20. The summed E-state index contributed by atoms with van der Waals surface area (Å²) < 4.78 is 65.0. The number of nitrogens with one attached hydrogen (secondary N) is 1. The number of piperidine rings is 1. The van der Waals surface area contributed by atoms with Crippen molar-refractivity contribution in [1.82, 2.24) is 24.8 Å². The van der Waals surface area contributed by atoms with E-state index in [9.17, 15) is 17.6 Å². The molecule has 5 heterocycles. The number of anilines is 2. The minimum absolute atomic E-state index is 0.133. The van der Waals surface area contributed by atoms with E-state index in [2.05, 4.69) is 27.2 Å². The zero-order valence-corrected chi connectivity index (χ0v) is 21.4. The lowest BCUT2D eigenvalue weighted by molar-refractivity contribution is 0.108. The lowest BCUT2D eigenvalue weighted by Gasteiger charge is -2.29. The number of likely N-dealkylation sites (N-methyl/N-ethyl adjacent to an activating group) is 1. The number of rotatable bonds is 6. The van der Waals surface area contributed by atoms with E-state index in [0.717, 1.165) is 42.7 Å². The second-order valence-corrected chi connectivity index (χ2v) is 8.81. The van der Waals surface area contributed by atoms with E-state index in [1.54, 1.807) is 24.4 Å². The Morgan fingerprint density at radius 3 is 2.51 bits per heavy atom. The molecule has 1 fully saturated rings. The van der Waals surface area contributed by atoms with Crippen molar-refractivity contribution in [2.45, 2.75) is 31.9 Å². The van der Waals surface area contributed by atoms with E-state index in [4.69, 9.17) is 19.1 Å². The van der Waals surface area contributed by atoms with Crippen LogP contribution < -0.4 is 5.32 Å². The largest absolute Gasteiger partial charge is 0.340 e. The van der Waals surface area contributed by atoms with Crippen molar-refractivity contribution >= 4 is 22.5 Å². The minimum atomic E-state index is -2.57. The minimum Gasteiger partial charge on any atom is -0.340 e. The van der Waals surface area contributed by atoms with E-state index < -0.39 is 13.1 Å². The van der Waals surface area contributed by atoms with Gasteiger partial charge in [0, 0.05) is 56.2 Å². The van der Waals surface area contributed by atoms with Gasteiger partial charge in [0.2, 0.25) is 0 Å². The third-order valence-corrected chi connectivity index (χ3v) is 6.31. The van der Waals surface area contributed by atoms with Gasteiger partial charge in [-0.2, -0.15) is 0 Å². The number of pyridine rings is 4. The SMILES string of the molecule is CF.CN1CCCC(c2cc(Nc3ccc(C(F)F)cn3)c3ccc(-c4ncccc4CF)nc3n2)C1.FF. The normalized spacial score (nSPS) is 15.3. The van der Waals surface area contributed by atoms with Crippen LogP contribution in [0, 0.1) is 0 Å². The number of halogens is 6. The first-order valence-corrected chi connectivity index (χ1v) is 12.1. The lowest BCUT2D eigenvalue weighted by atomic mass is 9.94. The maximum absolute atomic E-state index is 13.6. The molecule has 39 heavy (non-hydrogen) atoms. The fourth-order valence-corrected chi connectivity index (χ4v) is 4.50. The van der Waals surface area contributed by atoms with Crippen molar-refractivity contribution in [3.05, 3.63) is 71.7 Å². The average Bonchev–Trinajstić information content (AvgIpc) is 2.99. The summed E-state index contributed by atoms with van der Waals surface area (Å²) in [6.07, 6.45) is 2.29. The molecule has 0 amide bonds. The van der Waals surface area contributed by atoms with Crippen LogP contribution in [0.15, 0.2) is 54.9 Å². The highest BCUT2D eigenvalue weighted by Crippen LogP contribution is 2.33. The summed E-state index contributed by atoms with van der Waals surface area (Å²) >= 11 is 0. The fraction of sp³-hybridized carbons (Fsp3) is 0.333. The van der Waals surface area contributed by atoms with Crippen LogP contribution in [0.5, 0.6) is 0 Å². The number of nitrogens with zero attached hydrogens (tertiary/aromatic N) is 5. The molecule has 4 aromatic heterocycles. The van der Waals surface area contributed by atoms with Gasteiger partial charge in [-0.1, -0.05) is 6.07 Å². The summed E-state index contributed by atoms with van der Waals surface area (Å²) in [5, 5.41) is 4.01. The zero-order valence-electron chi connectivity index (χ0n) is 21.4. The monoisotopic (exact) mass is 550 g/mol. The van der Waals surface area contributed by atoms with Crippen LogP contribution in [-0.2, 0) is 6.67 Å². The molecule has 5 rings (SSSR count). The van der Waals surface area contributed by atoms with Gasteiger partial charge in [0.15, 0.2) is 5.65 Å². The lowest BCUT2D eigenvalue weighted by Crippen LogP contribution is -2.31. The maximum atomic E-state index is 13.6. The fourth-order valence-electron chi connectivity index (χ4n) is 4.50. The summed E-state index contributed by atoms with van der Waals surface area (Å²) in [4.78, 5) is 20.4. The molecule has 1 atom stereocenters. The summed E-state index contributed by atoms with van der Waals surface area (Å²) in [5.74, 6) is 0.678. The molecule has 1 saturated heterocycles. The Hall–Kier alpha value is -3.80.